The largest absolute Gasteiger partial charge is 0.311 e. The van der Waals surface area contributed by atoms with E-state index < -0.39 is 0 Å². The first-order valence-electron chi connectivity index (χ1n) is 8.70. The highest BCUT2D eigenvalue weighted by molar-refractivity contribution is 4.91. The highest BCUT2D eigenvalue weighted by atomic mass is 15.1. The zero-order chi connectivity index (χ0) is 15.2. The van der Waals surface area contributed by atoms with Gasteiger partial charge in [0.2, 0.25) is 0 Å². The van der Waals surface area contributed by atoms with Crippen molar-refractivity contribution in [1.82, 2.24) is 10.2 Å². The van der Waals surface area contributed by atoms with Crippen LogP contribution in [0.15, 0.2) is 0 Å². The van der Waals surface area contributed by atoms with E-state index >= 15 is 0 Å². The van der Waals surface area contributed by atoms with Gasteiger partial charge in [-0.25, -0.2) is 0 Å². The molecule has 0 aromatic rings. The van der Waals surface area contributed by atoms with E-state index in [-0.39, 0.29) is 5.54 Å². The van der Waals surface area contributed by atoms with Gasteiger partial charge in [-0.2, -0.15) is 0 Å². The first-order chi connectivity index (χ1) is 9.26. The molecule has 0 bridgehead atoms. The summed E-state index contributed by atoms with van der Waals surface area (Å²) >= 11 is 0. The van der Waals surface area contributed by atoms with Crippen molar-refractivity contribution < 1.29 is 0 Å². The molecule has 0 aliphatic heterocycles. The van der Waals surface area contributed by atoms with Crippen molar-refractivity contribution in [2.75, 3.05) is 26.7 Å². The van der Waals surface area contributed by atoms with E-state index in [0.717, 1.165) is 5.92 Å². The average Bonchev–Trinajstić information content (AvgIpc) is 2.33. The van der Waals surface area contributed by atoms with E-state index in [9.17, 15) is 0 Å². The van der Waals surface area contributed by atoms with Gasteiger partial charge in [-0.3, -0.25) is 0 Å². The minimum atomic E-state index is 0.232. The Bertz CT molecular complexity index is 269. The highest BCUT2D eigenvalue weighted by Crippen LogP contribution is 2.39. The Morgan fingerprint density at radius 1 is 1.30 bits per heavy atom. The maximum Gasteiger partial charge on any atom is 0.00967 e. The van der Waals surface area contributed by atoms with Crippen LogP contribution in [-0.4, -0.2) is 37.1 Å². The van der Waals surface area contributed by atoms with E-state index in [0.29, 0.717) is 5.41 Å². The summed E-state index contributed by atoms with van der Waals surface area (Å²) in [7, 11) is 2.31. The number of unbranched alkanes of at least 4 members (excludes halogenated alkanes) is 1. The van der Waals surface area contributed by atoms with Crippen LogP contribution in [0.2, 0.25) is 0 Å². The molecule has 1 N–H and O–H groups in total. The Kier molecular flexibility index (Phi) is 7.00. The van der Waals surface area contributed by atoms with Crippen LogP contribution < -0.4 is 5.32 Å². The fourth-order valence-corrected chi connectivity index (χ4v) is 3.66. The Labute approximate surface area is 127 Å². The first-order valence-corrected chi connectivity index (χ1v) is 8.70. The average molecular weight is 283 g/mol. The summed E-state index contributed by atoms with van der Waals surface area (Å²) in [6.45, 7) is 15.3. The lowest BCUT2D eigenvalue weighted by molar-refractivity contribution is 0.0841. The number of hydrogen-bond donors (Lipinski definition) is 1. The third kappa shape index (κ3) is 6.58. The van der Waals surface area contributed by atoms with Crippen LogP contribution in [0, 0.1) is 11.3 Å². The van der Waals surface area contributed by atoms with Crippen LogP contribution >= 0.6 is 0 Å². The first kappa shape index (κ1) is 18.0. The zero-order valence-corrected chi connectivity index (χ0v) is 14.9. The van der Waals surface area contributed by atoms with Crippen molar-refractivity contribution in [1.29, 1.82) is 0 Å². The quantitative estimate of drug-likeness (QED) is 0.749. The summed E-state index contributed by atoms with van der Waals surface area (Å²) in [5, 5.41) is 3.79. The van der Waals surface area contributed by atoms with E-state index in [1.807, 2.05) is 0 Å². The smallest absolute Gasteiger partial charge is 0.00967 e. The van der Waals surface area contributed by atoms with Crippen LogP contribution in [0.5, 0.6) is 0 Å². The lowest BCUT2D eigenvalue weighted by Crippen LogP contribution is -2.50. The minimum absolute atomic E-state index is 0.232. The summed E-state index contributed by atoms with van der Waals surface area (Å²) in [6, 6.07) is 0. The molecule has 2 atom stereocenters. The van der Waals surface area contributed by atoms with Gasteiger partial charge in [0.05, 0.1) is 0 Å². The van der Waals surface area contributed by atoms with Crippen molar-refractivity contribution in [2.45, 2.75) is 78.7 Å². The van der Waals surface area contributed by atoms with Gasteiger partial charge in [0.25, 0.3) is 0 Å². The Hall–Kier alpha value is -0.0800. The monoisotopic (exact) mass is 282 g/mol. The van der Waals surface area contributed by atoms with Gasteiger partial charge < -0.3 is 10.2 Å². The summed E-state index contributed by atoms with van der Waals surface area (Å²) in [6.07, 6.45) is 8.26. The molecule has 0 aromatic heterocycles. The molecule has 0 aromatic carbocycles. The second-order valence-electron chi connectivity index (χ2n) is 8.40. The predicted octanol–water partition coefficient (Wildman–Crippen LogP) is 4.30. The lowest BCUT2D eigenvalue weighted by Gasteiger charge is -2.44. The van der Waals surface area contributed by atoms with Crippen LogP contribution in [0.1, 0.15) is 73.1 Å². The van der Waals surface area contributed by atoms with E-state index in [1.54, 1.807) is 0 Å². The van der Waals surface area contributed by atoms with Crippen molar-refractivity contribution in [2.24, 2.45) is 11.3 Å². The Balaban J connectivity index is 2.63. The molecule has 0 heterocycles. The second-order valence-corrected chi connectivity index (χ2v) is 8.40. The summed E-state index contributed by atoms with van der Waals surface area (Å²) < 4.78 is 0. The number of hydrogen-bond acceptors (Lipinski definition) is 2. The molecule has 2 nitrogen and oxygen atoms in total. The van der Waals surface area contributed by atoms with Crippen LogP contribution in [0.4, 0.5) is 0 Å². The van der Waals surface area contributed by atoms with E-state index in [4.69, 9.17) is 0 Å². The molecule has 1 aliphatic carbocycles. The zero-order valence-electron chi connectivity index (χ0n) is 14.9. The van der Waals surface area contributed by atoms with Crippen molar-refractivity contribution in [3.63, 3.8) is 0 Å². The summed E-state index contributed by atoms with van der Waals surface area (Å²) in [4.78, 5) is 2.58. The molecule has 0 radical (unpaired) electrons. The van der Waals surface area contributed by atoms with Crippen molar-refractivity contribution in [3.05, 3.63) is 0 Å². The van der Waals surface area contributed by atoms with Gasteiger partial charge >= 0.3 is 0 Å². The normalized spacial score (nSPS) is 28.1. The number of nitrogens with zero attached hydrogens (tertiary/aromatic N) is 1. The fraction of sp³-hybridized carbons (Fsp3) is 1.00. The van der Waals surface area contributed by atoms with Gasteiger partial charge in [0.15, 0.2) is 0 Å². The lowest BCUT2D eigenvalue weighted by atomic mass is 9.69. The molecule has 1 aliphatic rings. The minimum Gasteiger partial charge on any atom is -0.311 e. The third-order valence-electron chi connectivity index (χ3n) is 4.68. The van der Waals surface area contributed by atoms with Crippen LogP contribution in [0.3, 0.4) is 0 Å². The molecular weight excluding hydrogens is 244 g/mol. The van der Waals surface area contributed by atoms with Crippen molar-refractivity contribution >= 4 is 0 Å². The molecule has 2 unspecified atom stereocenters. The molecule has 2 heteroatoms. The summed E-state index contributed by atoms with van der Waals surface area (Å²) in [5.41, 5.74) is 0.725. The SMILES string of the molecule is CCCCN(C)CC1(CNC(C)(C)C)CCCC(C)C1. The Morgan fingerprint density at radius 2 is 2.00 bits per heavy atom. The van der Waals surface area contributed by atoms with Gasteiger partial charge in [-0.1, -0.05) is 33.1 Å². The standard InChI is InChI=1S/C18H38N2/c1-7-8-12-20(6)15-18(14-19-17(3,4)5)11-9-10-16(2)13-18/h16,19H,7-15H2,1-6H3. The second kappa shape index (κ2) is 7.79. The summed E-state index contributed by atoms with van der Waals surface area (Å²) in [5.74, 6) is 0.894. The van der Waals surface area contributed by atoms with Gasteiger partial charge in [-0.05, 0) is 65.0 Å². The predicted molar refractivity (Wildman–Crippen MR) is 90.2 cm³/mol. The molecular formula is C18H38N2. The number of rotatable bonds is 7. The maximum absolute atomic E-state index is 3.79. The Morgan fingerprint density at radius 3 is 2.55 bits per heavy atom. The van der Waals surface area contributed by atoms with Gasteiger partial charge in [0, 0.05) is 18.6 Å². The van der Waals surface area contributed by atoms with Gasteiger partial charge in [0.1, 0.15) is 0 Å². The molecule has 1 saturated carbocycles. The van der Waals surface area contributed by atoms with E-state index in [2.05, 4.69) is 51.9 Å². The van der Waals surface area contributed by atoms with E-state index in [1.165, 1.54) is 58.2 Å². The highest BCUT2D eigenvalue weighted by Gasteiger charge is 2.36. The number of nitrogens with one attached hydrogen (secondary N) is 1. The molecule has 0 spiro atoms. The maximum atomic E-state index is 3.79. The van der Waals surface area contributed by atoms with Crippen molar-refractivity contribution in [3.8, 4) is 0 Å². The molecule has 120 valence electrons. The fourth-order valence-electron chi connectivity index (χ4n) is 3.66. The topological polar surface area (TPSA) is 15.3 Å². The molecule has 1 fully saturated rings. The molecule has 20 heavy (non-hydrogen) atoms. The van der Waals surface area contributed by atoms with Gasteiger partial charge in [-0.15, -0.1) is 0 Å². The van der Waals surface area contributed by atoms with Crippen LogP contribution in [-0.2, 0) is 0 Å². The molecule has 0 saturated heterocycles. The van der Waals surface area contributed by atoms with Crippen LogP contribution in [0.25, 0.3) is 0 Å². The molecule has 1 rings (SSSR count). The third-order valence-corrected chi connectivity index (χ3v) is 4.68. The molecule has 0 amide bonds.